The second-order valence-corrected chi connectivity index (χ2v) is 5.66. The minimum atomic E-state index is -1.66. The number of carbonyl (C=O) groups excluding carboxylic acids is 2. The van der Waals surface area contributed by atoms with Crippen LogP contribution in [0.4, 0.5) is 18.9 Å². The van der Waals surface area contributed by atoms with Crippen molar-refractivity contribution in [2.45, 2.75) is 12.8 Å². The molecule has 0 bridgehead atoms. The van der Waals surface area contributed by atoms with Crippen molar-refractivity contribution in [1.29, 1.82) is 0 Å². The number of morpholine rings is 1. The first-order valence-corrected chi connectivity index (χ1v) is 7.28. The van der Waals surface area contributed by atoms with Gasteiger partial charge in [-0.25, -0.2) is 13.2 Å². The standard InChI is InChI=1S/C15H15F3N2O3/c16-9-1-2-10(12(18)11(9)17)19-13(21)15(3-4-15)14(22)20-5-7-23-8-6-20/h1-2H,3-8H2,(H,19,21). The highest BCUT2D eigenvalue weighted by atomic mass is 19.2. The Kier molecular flexibility index (Phi) is 4.01. The fourth-order valence-corrected chi connectivity index (χ4v) is 2.60. The predicted molar refractivity (Wildman–Crippen MR) is 74.0 cm³/mol. The second-order valence-electron chi connectivity index (χ2n) is 5.66. The van der Waals surface area contributed by atoms with Crippen molar-refractivity contribution < 1.29 is 27.5 Å². The van der Waals surface area contributed by atoms with Crippen LogP contribution in [0.15, 0.2) is 12.1 Å². The molecule has 1 aromatic carbocycles. The number of halogens is 3. The van der Waals surface area contributed by atoms with Gasteiger partial charge in [-0.3, -0.25) is 9.59 Å². The molecule has 0 atom stereocenters. The molecule has 2 aliphatic rings. The summed E-state index contributed by atoms with van der Waals surface area (Å²) >= 11 is 0. The first-order valence-electron chi connectivity index (χ1n) is 7.28. The Morgan fingerprint density at radius 3 is 2.35 bits per heavy atom. The van der Waals surface area contributed by atoms with E-state index in [0.29, 0.717) is 39.1 Å². The van der Waals surface area contributed by atoms with Crippen LogP contribution in [0.25, 0.3) is 0 Å². The Hall–Kier alpha value is -2.09. The number of carbonyl (C=O) groups is 2. The van der Waals surface area contributed by atoms with Crippen molar-refractivity contribution in [2.75, 3.05) is 31.6 Å². The lowest BCUT2D eigenvalue weighted by Crippen LogP contribution is -2.47. The summed E-state index contributed by atoms with van der Waals surface area (Å²) in [7, 11) is 0. The number of benzene rings is 1. The molecule has 1 N–H and O–H groups in total. The van der Waals surface area contributed by atoms with Crippen LogP contribution in [0.3, 0.4) is 0 Å². The number of hydrogen-bond donors (Lipinski definition) is 1. The van der Waals surface area contributed by atoms with Gasteiger partial charge in [-0.05, 0) is 25.0 Å². The Morgan fingerprint density at radius 1 is 1.09 bits per heavy atom. The number of nitrogens with zero attached hydrogens (tertiary/aromatic N) is 1. The summed E-state index contributed by atoms with van der Waals surface area (Å²) < 4.78 is 44.9. The highest BCUT2D eigenvalue weighted by Crippen LogP contribution is 2.48. The molecule has 0 radical (unpaired) electrons. The highest BCUT2D eigenvalue weighted by Gasteiger charge is 2.58. The molecule has 8 heteroatoms. The van der Waals surface area contributed by atoms with Gasteiger partial charge in [0.2, 0.25) is 11.8 Å². The number of amides is 2. The number of hydrogen-bond acceptors (Lipinski definition) is 3. The van der Waals surface area contributed by atoms with Crippen LogP contribution < -0.4 is 5.32 Å². The molecule has 1 heterocycles. The second kappa shape index (κ2) is 5.84. The van der Waals surface area contributed by atoms with Crippen molar-refractivity contribution in [3.05, 3.63) is 29.6 Å². The van der Waals surface area contributed by atoms with Crippen LogP contribution in [0.5, 0.6) is 0 Å². The first kappa shape index (κ1) is 15.8. The molecular formula is C15H15F3N2O3. The highest BCUT2D eigenvalue weighted by molar-refractivity contribution is 6.13. The third-order valence-electron chi connectivity index (χ3n) is 4.18. The minimum absolute atomic E-state index is 0.332. The number of nitrogens with one attached hydrogen (secondary N) is 1. The van der Waals surface area contributed by atoms with Crippen LogP contribution in [0.1, 0.15) is 12.8 Å². The van der Waals surface area contributed by atoms with E-state index in [4.69, 9.17) is 4.74 Å². The van der Waals surface area contributed by atoms with E-state index in [1.807, 2.05) is 0 Å². The summed E-state index contributed by atoms with van der Waals surface area (Å²) in [6, 6.07) is 1.65. The van der Waals surface area contributed by atoms with Gasteiger partial charge in [0, 0.05) is 13.1 Å². The van der Waals surface area contributed by atoms with Crippen molar-refractivity contribution >= 4 is 17.5 Å². The fraction of sp³-hybridized carbons (Fsp3) is 0.467. The molecule has 0 spiro atoms. The van der Waals surface area contributed by atoms with E-state index in [0.717, 1.165) is 12.1 Å². The molecule has 1 aliphatic heterocycles. The zero-order valence-electron chi connectivity index (χ0n) is 12.2. The van der Waals surface area contributed by atoms with E-state index in [2.05, 4.69) is 5.32 Å². The van der Waals surface area contributed by atoms with Crippen LogP contribution in [0, 0.1) is 22.9 Å². The largest absolute Gasteiger partial charge is 0.378 e. The monoisotopic (exact) mass is 328 g/mol. The third kappa shape index (κ3) is 2.78. The lowest BCUT2D eigenvalue weighted by Gasteiger charge is -2.30. The van der Waals surface area contributed by atoms with Crippen molar-refractivity contribution in [1.82, 2.24) is 4.90 Å². The summed E-state index contributed by atoms with van der Waals surface area (Å²) in [4.78, 5) is 26.4. The summed E-state index contributed by atoms with van der Waals surface area (Å²) in [5, 5.41) is 2.20. The van der Waals surface area contributed by atoms with E-state index in [1.54, 1.807) is 0 Å². The van der Waals surface area contributed by atoms with Crippen molar-refractivity contribution in [3.63, 3.8) is 0 Å². The molecule has 0 aromatic heterocycles. The van der Waals surface area contributed by atoms with Gasteiger partial charge in [0.05, 0.1) is 18.9 Å². The smallest absolute Gasteiger partial charge is 0.240 e. The van der Waals surface area contributed by atoms with Gasteiger partial charge in [0.1, 0.15) is 5.41 Å². The van der Waals surface area contributed by atoms with Crippen LogP contribution >= 0.6 is 0 Å². The maximum absolute atomic E-state index is 13.6. The van der Waals surface area contributed by atoms with Gasteiger partial charge in [-0.1, -0.05) is 0 Å². The zero-order chi connectivity index (χ0) is 16.6. The van der Waals surface area contributed by atoms with Gasteiger partial charge in [0.15, 0.2) is 17.5 Å². The molecule has 1 aromatic rings. The first-order chi connectivity index (χ1) is 11.0. The topological polar surface area (TPSA) is 58.6 Å². The van der Waals surface area contributed by atoms with E-state index < -0.39 is 34.5 Å². The molecule has 3 rings (SSSR count). The molecule has 1 saturated heterocycles. The predicted octanol–water partition coefficient (Wildman–Crippen LogP) is 1.68. The molecule has 0 unspecified atom stereocenters. The molecule has 1 aliphatic carbocycles. The zero-order valence-corrected chi connectivity index (χ0v) is 12.2. The Bertz CT molecular complexity index is 656. The minimum Gasteiger partial charge on any atom is -0.378 e. The Balaban J connectivity index is 1.75. The van der Waals surface area contributed by atoms with Gasteiger partial charge >= 0.3 is 0 Å². The summed E-state index contributed by atoms with van der Waals surface area (Å²) in [6.07, 6.45) is 0.695. The quantitative estimate of drug-likeness (QED) is 0.678. The fourth-order valence-electron chi connectivity index (χ4n) is 2.60. The van der Waals surface area contributed by atoms with Gasteiger partial charge in [0.25, 0.3) is 0 Å². The normalized spacial score (nSPS) is 19.3. The summed E-state index contributed by atoms with van der Waals surface area (Å²) in [5.74, 6) is -5.51. The van der Waals surface area contributed by atoms with Gasteiger partial charge in [-0.2, -0.15) is 0 Å². The third-order valence-corrected chi connectivity index (χ3v) is 4.18. The molecule has 5 nitrogen and oxygen atoms in total. The van der Waals surface area contributed by atoms with Crippen LogP contribution in [-0.4, -0.2) is 43.0 Å². The molecule has 2 amide bonds. The van der Waals surface area contributed by atoms with E-state index in [9.17, 15) is 22.8 Å². The summed E-state index contributed by atoms with van der Waals surface area (Å²) in [5.41, 5.74) is -1.72. The summed E-state index contributed by atoms with van der Waals surface area (Å²) in [6.45, 7) is 1.60. The van der Waals surface area contributed by atoms with Crippen LogP contribution in [-0.2, 0) is 14.3 Å². The van der Waals surface area contributed by atoms with Gasteiger partial charge < -0.3 is 15.0 Å². The van der Waals surface area contributed by atoms with Crippen LogP contribution in [0.2, 0.25) is 0 Å². The van der Waals surface area contributed by atoms with E-state index in [-0.39, 0.29) is 5.91 Å². The molecule has 124 valence electrons. The molecule has 1 saturated carbocycles. The van der Waals surface area contributed by atoms with Crippen molar-refractivity contribution in [3.8, 4) is 0 Å². The van der Waals surface area contributed by atoms with E-state index in [1.165, 1.54) is 4.90 Å². The molecular weight excluding hydrogens is 313 g/mol. The Morgan fingerprint density at radius 2 is 1.74 bits per heavy atom. The lowest BCUT2D eigenvalue weighted by molar-refractivity contribution is -0.145. The SMILES string of the molecule is O=C(Nc1ccc(F)c(F)c1F)C1(C(=O)N2CCOCC2)CC1. The lowest BCUT2D eigenvalue weighted by atomic mass is 10.0. The average molecular weight is 328 g/mol. The maximum Gasteiger partial charge on any atom is 0.240 e. The number of rotatable bonds is 3. The Labute approximate surface area is 130 Å². The van der Waals surface area contributed by atoms with Gasteiger partial charge in [-0.15, -0.1) is 0 Å². The number of anilines is 1. The molecule has 2 fully saturated rings. The number of ether oxygens (including phenoxy) is 1. The maximum atomic E-state index is 13.6. The molecule has 23 heavy (non-hydrogen) atoms. The average Bonchev–Trinajstić information content (AvgIpc) is 3.37. The van der Waals surface area contributed by atoms with Crippen molar-refractivity contribution in [2.24, 2.45) is 5.41 Å². The van der Waals surface area contributed by atoms with E-state index >= 15 is 0 Å².